The Labute approximate surface area is 162 Å². The summed E-state index contributed by atoms with van der Waals surface area (Å²) in [6.45, 7) is 0. The van der Waals surface area contributed by atoms with Gasteiger partial charge in [-0.3, -0.25) is 4.79 Å². The highest BCUT2D eigenvalue weighted by atomic mass is 79.9. The van der Waals surface area contributed by atoms with Gasteiger partial charge in [0.05, 0.1) is 12.0 Å². The van der Waals surface area contributed by atoms with Gasteiger partial charge in [0.2, 0.25) is 0 Å². The summed E-state index contributed by atoms with van der Waals surface area (Å²) >= 11 is 3.48. The molecule has 3 rings (SSSR count). The topological polar surface area (TPSA) is 40.9 Å². The second kappa shape index (κ2) is 8.60. The summed E-state index contributed by atoms with van der Waals surface area (Å²) in [7, 11) is 0. The molecule has 0 saturated heterocycles. The van der Waals surface area contributed by atoms with Crippen LogP contribution in [0.3, 0.4) is 0 Å². The summed E-state index contributed by atoms with van der Waals surface area (Å²) in [5, 5.41) is 9.91. The van der Waals surface area contributed by atoms with E-state index in [0.29, 0.717) is 12.0 Å². The average Bonchev–Trinajstić information content (AvgIpc) is 2.69. The van der Waals surface area contributed by atoms with Gasteiger partial charge in [0.1, 0.15) is 0 Å². The Morgan fingerprint density at radius 3 is 2.12 bits per heavy atom. The van der Waals surface area contributed by atoms with Crippen molar-refractivity contribution in [3.8, 4) is 6.07 Å². The van der Waals surface area contributed by atoms with Gasteiger partial charge < -0.3 is 0 Å². The van der Waals surface area contributed by atoms with E-state index in [2.05, 4.69) is 22.0 Å². The second-order valence-corrected chi connectivity index (χ2v) is 7.09. The monoisotopic (exact) mass is 403 g/mol. The molecule has 0 bridgehead atoms. The number of hydrogen-bond acceptors (Lipinski definition) is 2. The van der Waals surface area contributed by atoms with E-state index in [4.69, 9.17) is 0 Å². The molecule has 0 unspecified atom stereocenters. The number of nitriles is 1. The quantitative estimate of drug-likeness (QED) is 0.465. The number of rotatable bonds is 6. The van der Waals surface area contributed by atoms with Crippen LogP contribution >= 0.6 is 15.9 Å². The van der Waals surface area contributed by atoms with E-state index < -0.39 is 5.92 Å². The van der Waals surface area contributed by atoms with E-state index in [1.807, 2.05) is 84.9 Å². The van der Waals surface area contributed by atoms with Crippen LogP contribution < -0.4 is 0 Å². The largest absolute Gasteiger partial charge is 0.294 e. The first-order valence-electron chi connectivity index (χ1n) is 8.47. The first kappa shape index (κ1) is 18.1. The van der Waals surface area contributed by atoms with Gasteiger partial charge in [0, 0.05) is 22.4 Å². The van der Waals surface area contributed by atoms with E-state index in [9.17, 15) is 10.1 Å². The Balaban J connectivity index is 1.98. The molecular formula is C23H18BrNO. The van der Waals surface area contributed by atoms with E-state index in [0.717, 1.165) is 15.6 Å². The van der Waals surface area contributed by atoms with Gasteiger partial charge in [0.15, 0.2) is 5.78 Å². The zero-order chi connectivity index (χ0) is 18.4. The van der Waals surface area contributed by atoms with Gasteiger partial charge in [0.25, 0.3) is 0 Å². The standard InChI is InChI=1S/C23H18BrNO/c24-20-13-7-12-19(14-20)22(16-25)21(17-8-3-1-4-9-17)15-23(26)18-10-5-2-6-11-18/h1-14,21-22H,15H2/t21-,22+/m0/s1. The van der Waals surface area contributed by atoms with E-state index in [-0.39, 0.29) is 11.7 Å². The van der Waals surface area contributed by atoms with Crippen LogP contribution in [0.15, 0.2) is 89.4 Å². The summed E-state index contributed by atoms with van der Waals surface area (Å²) in [6.07, 6.45) is 0.290. The van der Waals surface area contributed by atoms with Gasteiger partial charge in [-0.05, 0) is 23.3 Å². The summed E-state index contributed by atoms with van der Waals surface area (Å²) < 4.78 is 0.927. The fourth-order valence-corrected chi connectivity index (χ4v) is 3.58. The molecule has 0 heterocycles. The van der Waals surface area contributed by atoms with Crippen LogP contribution in [0.1, 0.15) is 39.7 Å². The number of nitrogens with zero attached hydrogens (tertiary/aromatic N) is 1. The Hall–Kier alpha value is -2.70. The predicted octanol–water partition coefficient (Wildman–Crippen LogP) is 6.11. The van der Waals surface area contributed by atoms with Crippen LogP contribution in [0.25, 0.3) is 0 Å². The number of carbonyl (C=O) groups excluding carboxylic acids is 1. The van der Waals surface area contributed by atoms with Crippen molar-refractivity contribution in [2.24, 2.45) is 0 Å². The summed E-state index contributed by atoms with van der Waals surface area (Å²) in [4.78, 5) is 12.8. The first-order valence-corrected chi connectivity index (χ1v) is 9.26. The summed E-state index contributed by atoms with van der Waals surface area (Å²) in [5.74, 6) is -0.555. The van der Waals surface area contributed by atoms with Gasteiger partial charge in [-0.25, -0.2) is 0 Å². The minimum atomic E-state index is -0.400. The SMILES string of the molecule is N#C[C@H](c1cccc(Br)c1)[C@@H](CC(=O)c1ccccc1)c1ccccc1. The van der Waals surface area contributed by atoms with E-state index in [1.165, 1.54) is 0 Å². The van der Waals surface area contributed by atoms with E-state index >= 15 is 0 Å². The van der Waals surface area contributed by atoms with Crippen LogP contribution in [0, 0.1) is 11.3 Å². The number of Topliss-reactive ketones (excluding diaryl/α,β-unsaturated/α-hetero) is 1. The molecule has 0 amide bonds. The van der Waals surface area contributed by atoms with Crippen LogP contribution in [-0.4, -0.2) is 5.78 Å². The van der Waals surface area contributed by atoms with Gasteiger partial charge in [-0.2, -0.15) is 5.26 Å². The molecule has 0 N–H and O–H groups in total. The molecule has 0 spiro atoms. The molecule has 0 saturated carbocycles. The first-order chi connectivity index (χ1) is 12.7. The number of carbonyl (C=O) groups is 1. The third-order valence-electron chi connectivity index (χ3n) is 4.48. The Bertz CT molecular complexity index is 916. The minimum Gasteiger partial charge on any atom is -0.294 e. The van der Waals surface area contributed by atoms with E-state index in [1.54, 1.807) is 0 Å². The third-order valence-corrected chi connectivity index (χ3v) is 4.97. The van der Waals surface area contributed by atoms with Crippen LogP contribution in [0.2, 0.25) is 0 Å². The molecule has 3 aromatic rings. The fraction of sp³-hybridized carbons (Fsp3) is 0.130. The minimum absolute atomic E-state index is 0.0506. The van der Waals surface area contributed by atoms with Gasteiger partial charge >= 0.3 is 0 Å². The fourth-order valence-electron chi connectivity index (χ4n) is 3.17. The van der Waals surface area contributed by atoms with Crippen LogP contribution in [-0.2, 0) is 0 Å². The van der Waals surface area contributed by atoms with Crippen molar-refractivity contribution < 1.29 is 4.79 Å². The zero-order valence-electron chi connectivity index (χ0n) is 14.2. The lowest BCUT2D eigenvalue weighted by atomic mass is 9.78. The van der Waals surface area contributed by atoms with Crippen molar-refractivity contribution >= 4 is 21.7 Å². The summed E-state index contributed by atoms with van der Waals surface area (Å²) in [5.41, 5.74) is 2.60. The lowest BCUT2D eigenvalue weighted by Gasteiger charge is -2.23. The lowest BCUT2D eigenvalue weighted by molar-refractivity contribution is 0.0972. The Morgan fingerprint density at radius 1 is 0.885 bits per heavy atom. The molecule has 0 aliphatic carbocycles. The average molecular weight is 404 g/mol. The van der Waals surface area contributed by atoms with Crippen molar-refractivity contribution in [3.05, 3.63) is 106 Å². The molecule has 26 heavy (non-hydrogen) atoms. The maximum atomic E-state index is 12.8. The van der Waals surface area contributed by atoms with Crippen molar-refractivity contribution in [1.29, 1.82) is 5.26 Å². The highest BCUT2D eigenvalue weighted by Crippen LogP contribution is 2.37. The highest BCUT2D eigenvalue weighted by Gasteiger charge is 2.27. The molecule has 0 radical (unpaired) electrons. The Kier molecular flexibility index (Phi) is 5.99. The number of ketones is 1. The molecule has 3 heteroatoms. The van der Waals surface area contributed by atoms with Gasteiger partial charge in [-0.15, -0.1) is 0 Å². The molecule has 3 aromatic carbocycles. The molecular weight excluding hydrogens is 386 g/mol. The van der Waals surface area contributed by atoms with Crippen molar-refractivity contribution in [3.63, 3.8) is 0 Å². The summed E-state index contributed by atoms with van der Waals surface area (Å²) in [6, 6.07) is 29.3. The number of halogens is 1. The smallest absolute Gasteiger partial charge is 0.163 e. The number of hydrogen-bond donors (Lipinski definition) is 0. The molecule has 0 fully saturated rings. The second-order valence-electron chi connectivity index (χ2n) is 6.17. The maximum absolute atomic E-state index is 12.8. The zero-order valence-corrected chi connectivity index (χ0v) is 15.8. The Morgan fingerprint density at radius 2 is 1.50 bits per heavy atom. The van der Waals surface area contributed by atoms with Crippen molar-refractivity contribution in [2.75, 3.05) is 0 Å². The third kappa shape index (κ3) is 4.28. The molecule has 2 nitrogen and oxygen atoms in total. The molecule has 0 aliphatic rings. The predicted molar refractivity (Wildman–Crippen MR) is 107 cm³/mol. The molecule has 2 atom stereocenters. The molecule has 0 aromatic heterocycles. The molecule has 0 aliphatic heterocycles. The molecule has 128 valence electrons. The van der Waals surface area contributed by atoms with Crippen LogP contribution in [0.5, 0.6) is 0 Å². The van der Waals surface area contributed by atoms with Gasteiger partial charge in [-0.1, -0.05) is 88.7 Å². The normalized spacial score (nSPS) is 12.8. The van der Waals surface area contributed by atoms with Crippen molar-refractivity contribution in [2.45, 2.75) is 18.3 Å². The highest BCUT2D eigenvalue weighted by molar-refractivity contribution is 9.10. The number of benzene rings is 3. The lowest BCUT2D eigenvalue weighted by Crippen LogP contribution is -2.15. The van der Waals surface area contributed by atoms with Crippen LogP contribution in [0.4, 0.5) is 0 Å². The van der Waals surface area contributed by atoms with Crippen molar-refractivity contribution in [1.82, 2.24) is 0 Å². The maximum Gasteiger partial charge on any atom is 0.163 e.